The van der Waals surface area contributed by atoms with Gasteiger partial charge in [-0.15, -0.1) is 11.3 Å². The van der Waals surface area contributed by atoms with Crippen molar-refractivity contribution >= 4 is 33.9 Å². The Bertz CT molecular complexity index is 577. The Morgan fingerprint density at radius 2 is 2.15 bits per heavy atom. The average Bonchev–Trinajstić information content (AvgIpc) is 2.89. The molecule has 0 aliphatic carbocycles. The first-order chi connectivity index (χ1) is 9.63. The van der Waals surface area contributed by atoms with E-state index in [2.05, 4.69) is 34.0 Å². The van der Waals surface area contributed by atoms with Crippen LogP contribution in [-0.4, -0.2) is 29.0 Å². The van der Waals surface area contributed by atoms with Gasteiger partial charge in [0.25, 0.3) is 5.91 Å². The fourth-order valence-electron chi connectivity index (χ4n) is 1.78. The molecule has 0 radical (unpaired) electrons. The second kappa shape index (κ2) is 6.33. The Hall–Kier alpha value is -2.15. The second-order valence-electron chi connectivity index (χ2n) is 4.10. The Morgan fingerprint density at radius 1 is 1.40 bits per heavy atom. The van der Waals surface area contributed by atoms with Gasteiger partial charge < -0.3 is 16.0 Å². The molecule has 0 aliphatic rings. The number of aromatic nitrogens is 2. The van der Waals surface area contributed by atoms with Crippen molar-refractivity contribution in [2.24, 2.45) is 0 Å². The lowest BCUT2D eigenvalue weighted by Gasteiger charge is -2.19. The van der Waals surface area contributed by atoms with Crippen molar-refractivity contribution in [1.29, 1.82) is 0 Å². The van der Waals surface area contributed by atoms with Gasteiger partial charge in [0.2, 0.25) is 0 Å². The lowest BCUT2D eigenvalue weighted by molar-refractivity contribution is 0.102. The van der Waals surface area contributed by atoms with Crippen molar-refractivity contribution < 1.29 is 4.79 Å². The number of nitrogens with zero attached hydrogens (tertiary/aromatic N) is 3. The van der Waals surface area contributed by atoms with Crippen molar-refractivity contribution in [2.75, 3.05) is 29.0 Å². The summed E-state index contributed by atoms with van der Waals surface area (Å²) in [5.74, 6) is 0.612. The first-order valence-corrected chi connectivity index (χ1v) is 7.25. The zero-order valence-electron chi connectivity index (χ0n) is 11.5. The van der Waals surface area contributed by atoms with Crippen molar-refractivity contribution in [3.05, 3.63) is 29.4 Å². The van der Waals surface area contributed by atoms with Crippen molar-refractivity contribution in [3.63, 3.8) is 0 Å². The minimum atomic E-state index is -0.282. The maximum atomic E-state index is 11.9. The second-order valence-corrected chi connectivity index (χ2v) is 4.99. The van der Waals surface area contributed by atoms with Gasteiger partial charge in [-0.1, -0.05) is 0 Å². The summed E-state index contributed by atoms with van der Waals surface area (Å²) >= 11 is 1.24. The molecule has 0 spiro atoms. The number of amides is 1. The molecular weight excluding hydrogens is 274 g/mol. The van der Waals surface area contributed by atoms with Crippen molar-refractivity contribution in [1.82, 2.24) is 9.97 Å². The highest BCUT2D eigenvalue weighted by Crippen LogP contribution is 2.16. The Labute approximate surface area is 121 Å². The van der Waals surface area contributed by atoms with Gasteiger partial charge in [0.05, 0.1) is 11.9 Å². The number of anilines is 3. The summed E-state index contributed by atoms with van der Waals surface area (Å²) in [5.41, 5.74) is 6.46. The number of thiazole rings is 1. The molecule has 7 heteroatoms. The first-order valence-electron chi connectivity index (χ1n) is 6.37. The molecule has 2 heterocycles. The molecular formula is C13H17N5OS. The van der Waals surface area contributed by atoms with Crippen LogP contribution in [0, 0.1) is 0 Å². The van der Waals surface area contributed by atoms with Crippen LogP contribution >= 0.6 is 11.3 Å². The molecule has 2 aromatic rings. The number of pyridine rings is 1. The highest BCUT2D eigenvalue weighted by molar-refractivity contribution is 7.13. The fourth-order valence-corrected chi connectivity index (χ4v) is 2.32. The number of rotatable bonds is 5. The molecule has 0 bridgehead atoms. The maximum Gasteiger partial charge on any atom is 0.275 e. The lowest BCUT2D eigenvalue weighted by atomic mass is 10.3. The summed E-state index contributed by atoms with van der Waals surface area (Å²) in [6, 6.07) is 3.71. The van der Waals surface area contributed by atoms with E-state index >= 15 is 0 Å². The fraction of sp³-hybridized carbons (Fsp3) is 0.308. The molecule has 2 aromatic heterocycles. The summed E-state index contributed by atoms with van der Waals surface area (Å²) in [5, 5.41) is 4.75. The monoisotopic (exact) mass is 291 g/mol. The zero-order valence-corrected chi connectivity index (χ0v) is 12.3. The normalized spacial score (nSPS) is 10.3. The Balaban J connectivity index is 2.05. The molecule has 2 rings (SSSR count). The van der Waals surface area contributed by atoms with Crippen LogP contribution in [0.3, 0.4) is 0 Å². The third-order valence-electron chi connectivity index (χ3n) is 2.85. The van der Waals surface area contributed by atoms with Crippen LogP contribution in [0.5, 0.6) is 0 Å². The quantitative estimate of drug-likeness (QED) is 0.882. The van der Waals surface area contributed by atoms with Crippen LogP contribution in [0.25, 0.3) is 0 Å². The van der Waals surface area contributed by atoms with Crippen molar-refractivity contribution in [2.45, 2.75) is 13.8 Å². The van der Waals surface area contributed by atoms with E-state index in [4.69, 9.17) is 5.73 Å². The van der Waals surface area contributed by atoms with E-state index in [-0.39, 0.29) is 5.91 Å². The molecule has 0 saturated heterocycles. The molecule has 1 amide bonds. The zero-order chi connectivity index (χ0) is 14.5. The largest absolute Gasteiger partial charge is 0.375 e. The van der Waals surface area contributed by atoms with Gasteiger partial charge in [0.1, 0.15) is 11.5 Å². The van der Waals surface area contributed by atoms with E-state index < -0.39 is 0 Å². The van der Waals surface area contributed by atoms with Gasteiger partial charge in [-0.3, -0.25) is 4.79 Å². The van der Waals surface area contributed by atoms with E-state index in [0.29, 0.717) is 16.5 Å². The third kappa shape index (κ3) is 3.24. The van der Waals surface area contributed by atoms with Crippen LogP contribution < -0.4 is 16.0 Å². The number of nitrogens with two attached hydrogens (primary N) is 1. The molecule has 6 nitrogen and oxygen atoms in total. The number of hydrogen-bond donors (Lipinski definition) is 2. The van der Waals surface area contributed by atoms with Crippen LogP contribution in [-0.2, 0) is 0 Å². The van der Waals surface area contributed by atoms with Crippen LogP contribution in [0.4, 0.5) is 16.6 Å². The minimum Gasteiger partial charge on any atom is -0.375 e. The Morgan fingerprint density at radius 3 is 2.65 bits per heavy atom. The first kappa shape index (κ1) is 14.3. The molecule has 0 fully saturated rings. The summed E-state index contributed by atoms with van der Waals surface area (Å²) < 4.78 is 0. The van der Waals surface area contributed by atoms with E-state index in [1.165, 1.54) is 11.3 Å². The standard InChI is InChI=1S/C13H17N5OS/c1-3-18(4-2)11-6-5-9(7-15-11)16-12(19)10-8-20-13(14)17-10/h5-8H,3-4H2,1-2H3,(H2,14,17)(H,16,19). The average molecular weight is 291 g/mol. The van der Waals surface area contributed by atoms with Crippen molar-refractivity contribution in [3.8, 4) is 0 Å². The van der Waals surface area contributed by atoms with Gasteiger partial charge in [-0.05, 0) is 26.0 Å². The van der Waals surface area contributed by atoms with Gasteiger partial charge in [0.15, 0.2) is 5.13 Å². The molecule has 0 saturated carbocycles. The van der Waals surface area contributed by atoms with E-state index in [1.54, 1.807) is 11.6 Å². The summed E-state index contributed by atoms with van der Waals surface area (Å²) in [4.78, 5) is 22.3. The smallest absolute Gasteiger partial charge is 0.275 e. The lowest BCUT2D eigenvalue weighted by Crippen LogP contribution is -2.22. The van der Waals surface area contributed by atoms with Gasteiger partial charge in [0, 0.05) is 18.5 Å². The minimum absolute atomic E-state index is 0.282. The summed E-state index contributed by atoms with van der Waals surface area (Å²) in [6.45, 7) is 5.95. The summed E-state index contributed by atoms with van der Waals surface area (Å²) in [6.07, 6.45) is 1.64. The number of nitrogen functional groups attached to an aromatic ring is 1. The van der Waals surface area contributed by atoms with Gasteiger partial charge in [-0.25, -0.2) is 9.97 Å². The number of carbonyl (C=O) groups is 1. The maximum absolute atomic E-state index is 11.9. The third-order valence-corrected chi connectivity index (χ3v) is 3.52. The van der Waals surface area contributed by atoms with Crippen LogP contribution in [0.1, 0.15) is 24.3 Å². The molecule has 0 unspecified atom stereocenters. The topological polar surface area (TPSA) is 84.1 Å². The number of carbonyl (C=O) groups excluding carboxylic acids is 1. The van der Waals surface area contributed by atoms with Gasteiger partial charge in [-0.2, -0.15) is 0 Å². The summed E-state index contributed by atoms with van der Waals surface area (Å²) in [7, 11) is 0. The van der Waals surface area contributed by atoms with Crippen LogP contribution in [0.15, 0.2) is 23.7 Å². The Kier molecular flexibility index (Phi) is 4.52. The number of nitrogens with one attached hydrogen (secondary N) is 1. The highest BCUT2D eigenvalue weighted by Gasteiger charge is 2.10. The SMILES string of the molecule is CCN(CC)c1ccc(NC(=O)c2csc(N)n2)cn1. The number of hydrogen-bond acceptors (Lipinski definition) is 6. The molecule has 20 heavy (non-hydrogen) atoms. The molecule has 106 valence electrons. The highest BCUT2D eigenvalue weighted by atomic mass is 32.1. The van der Waals surface area contributed by atoms with E-state index in [0.717, 1.165) is 18.9 Å². The van der Waals surface area contributed by atoms with E-state index in [1.807, 2.05) is 12.1 Å². The predicted octanol–water partition coefficient (Wildman–Crippen LogP) is 2.22. The molecule has 0 aromatic carbocycles. The molecule has 0 atom stereocenters. The van der Waals surface area contributed by atoms with Crippen LogP contribution in [0.2, 0.25) is 0 Å². The van der Waals surface area contributed by atoms with E-state index in [9.17, 15) is 4.79 Å². The molecule has 3 N–H and O–H groups in total. The molecule has 0 aliphatic heterocycles. The van der Waals surface area contributed by atoms with Gasteiger partial charge >= 0.3 is 0 Å². The predicted molar refractivity (Wildman–Crippen MR) is 82.3 cm³/mol.